The van der Waals surface area contributed by atoms with E-state index in [1.165, 1.54) is 12.8 Å². The summed E-state index contributed by atoms with van der Waals surface area (Å²) in [4.78, 5) is 4.72. The van der Waals surface area contributed by atoms with Gasteiger partial charge in [0, 0.05) is 19.7 Å². The third kappa shape index (κ3) is 6.38. The van der Waals surface area contributed by atoms with Crippen LogP contribution in [0.2, 0.25) is 0 Å². The quantitative estimate of drug-likeness (QED) is 0.347. The van der Waals surface area contributed by atoms with Crippen LogP contribution in [-0.2, 0) is 9.47 Å². The predicted octanol–water partition coefficient (Wildman–Crippen LogP) is 2.93. The Hall–Kier alpha value is -0.0800. The van der Waals surface area contributed by atoms with Gasteiger partial charge in [0.2, 0.25) is 0 Å². The number of aliphatic imine (C=N–C) groups is 1. The molecule has 0 aromatic carbocycles. The molecule has 2 rings (SSSR count). The van der Waals surface area contributed by atoms with Crippen LogP contribution in [0.3, 0.4) is 0 Å². The maximum Gasteiger partial charge on any atom is 0.191 e. The first-order chi connectivity index (χ1) is 10.6. The summed E-state index contributed by atoms with van der Waals surface area (Å²) in [7, 11) is 0. The van der Waals surface area contributed by atoms with E-state index in [2.05, 4.69) is 38.3 Å². The average molecular weight is 439 g/mol. The van der Waals surface area contributed by atoms with Crippen molar-refractivity contribution < 1.29 is 9.47 Å². The van der Waals surface area contributed by atoms with Crippen LogP contribution in [0.1, 0.15) is 53.4 Å². The van der Waals surface area contributed by atoms with Gasteiger partial charge in [-0.05, 0) is 45.4 Å². The second-order valence-electron chi connectivity index (χ2n) is 6.65. The van der Waals surface area contributed by atoms with Crippen LogP contribution < -0.4 is 10.6 Å². The number of hydrogen-bond donors (Lipinski definition) is 2. The fourth-order valence-electron chi connectivity index (χ4n) is 3.41. The van der Waals surface area contributed by atoms with E-state index in [4.69, 9.17) is 14.5 Å². The Labute approximate surface area is 158 Å². The summed E-state index contributed by atoms with van der Waals surface area (Å²) >= 11 is 0. The SMILES string of the molecule is CCNC(=NCCC(OCC)C(C)C)NC1CC2CCC1O2.I. The van der Waals surface area contributed by atoms with Crippen LogP contribution in [0.5, 0.6) is 0 Å². The van der Waals surface area contributed by atoms with Crippen LogP contribution >= 0.6 is 24.0 Å². The lowest BCUT2D eigenvalue weighted by atomic mass is 9.96. The van der Waals surface area contributed by atoms with Crippen LogP contribution in [-0.4, -0.2) is 50.0 Å². The van der Waals surface area contributed by atoms with Gasteiger partial charge >= 0.3 is 0 Å². The molecule has 2 bridgehead atoms. The number of halogens is 1. The second kappa shape index (κ2) is 10.7. The molecule has 0 aromatic heterocycles. The van der Waals surface area contributed by atoms with E-state index in [0.717, 1.165) is 38.5 Å². The molecule has 0 saturated carbocycles. The molecule has 0 aromatic rings. The molecule has 23 heavy (non-hydrogen) atoms. The Morgan fingerprint density at radius 2 is 2.09 bits per heavy atom. The van der Waals surface area contributed by atoms with E-state index < -0.39 is 0 Å². The minimum absolute atomic E-state index is 0. The van der Waals surface area contributed by atoms with E-state index in [0.29, 0.717) is 30.3 Å². The molecule has 2 aliphatic rings. The van der Waals surface area contributed by atoms with Crippen molar-refractivity contribution in [1.29, 1.82) is 0 Å². The zero-order valence-corrected chi connectivity index (χ0v) is 17.3. The van der Waals surface area contributed by atoms with Crippen molar-refractivity contribution in [1.82, 2.24) is 10.6 Å². The number of guanidine groups is 1. The lowest BCUT2D eigenvalue weighted by Gasteiger charge is -2.23. The van der Waals surface area contributed by atoms with Crippen molar-refractivity contribution in [2.75, 3.05) is 19.7 Å². The Bertz CT molecular complexity index is 366. The molecule has 0 amide bonds. The summed E-state index contributed by atoms with van der Waals surface area (Å²) in [6, 6.07) is 0.421. The van der Waals surface area contributed by atoms with Crippen molar-refractivity contribution >= 4 is 29.9 Å². The molecule has 2 fully saturated rings. The first-order valence-electron chi connectivity index (χ1n) is 8.95. The fourth-order valence-corrected chi connectivity index (χ4v) is 3.41. The van der Waals surface area contributed by atoms with Gasteiger partial charge in [0.25, 0.3) is 0 Å². The molecule has 5 nitrogen and oxygen atoms in total. The maximum absolute atomic E-state index is 5.90. The summed E-state index contributed by atoms with van der Waals surface area (Å²) in [5, 5.41) is 6.90. The molecule has 0 aliphatic carbocycles. The highest BCUT2D eigenvalue weighted by molar-refractivity contribution is 14.0. The summed E-state index contributed by atoms with van der Waals surface area (Å²) < 4.78 is 11.7. The smallest absolute Gasteiger partial charge is 0.191 e. The van der Waals surface area contributed by atoms with Gasteiger partial charge in [-0.15, -0.1) is 24.0 Å². The van der Waals surface area contributed by atoms with Gasteiger partial charge in [0.1, 0.15) is 0 Å². The predicted molar refractivity (Wildman–Crippen MR) is 106 cm³/mol. The van der Waals surface area contributed by atoms with Gasteiger partial charge in [-0.1, -0.05) is 13.8 Å². The Kier molecular flexibility index (Phi) is 9.77. The zero-order chi connectivity index (χ0) is 15.9. The number of fused-ring (bicyclic) bond motifs is 2. The molecule has 2 saturated heterocycles. The topological polar surface area (TPSA) is 54.9 Å². The monoisotopic (exact) mass is 439 g/mol. The average Bonchev–Trinajstić information content (AvgIpc) is 3.09. The number of rotatable bonds is 8. The van der Waals surface area contributed by atoms with Crippen molar-refractivity contribution in [2.24, 2.45) is 10.9 Å². The van der Waals surface area contributed by atoms with Gasteiger partial charge in [-0.3, -0.25) is 4.99 Å². The zero-order valence-electron chi connectivity index (χ0n) is 15.0. The molecule has 2 N–H and O–H groups in total. The highest BCUT2D eigenvalue weighted by atomic mass is 127. The highest BCUT2D eigenvalue weighted by Gasteiger charge is 2.41. The van der Waals surface area contributed by atoms with Gasteiger partial charge in [0.05, 0.1) is 24.4 Å². The van der Waals surface area contributed by atoms with Crippen LogP contribution in [0.4, 0.5) is 0 Å². The van der Waals surface area contributed by atoms with E-state index in [1.807, 2.05) is 0 Å². The van der Waals surface area contributed by atoms with Crippen LogP contribution in [0.15, 0.2) is 4.99 Å². The van der Waals surface area contributed by atoms with E-state index in [-0.39, 0.29) is 24.0 Å². The third-order valence-electron chi connectivity index (χ3n) is 4.58. The maximum atomic E-state index is 5.90. The minimum atomic E-state index is 0. The summed E-state index contributed by atoms with van der Waals surface area (Å²) in [5.74, 6) is 1.45. The molecule has 0 spiro atoms. The largest absolute Gasteiger partial charge is 0.378 e. The first kappa shape index (κ1) is 21.0. The molecule has 4 unspecified atom stereocenters. The summed E-state index contributed by atoms with van der Waals surface area (Å²) in [6.07, 6.45) is 5.62. The van der Waals surface area contributed by atoms with Gasteiger partial charge < -0.3 is 20.1 Å². The molecular formula is C17H34IN3O2. The molecule has 2 heterocycles. The number of nitrogens with one attached hydrogen (secondary N) is 2. The normalized spacial score (nSPS) is 27.9. The number of ether oxygens (including phenoxy) is 2. The molecule has 4 atom stereocenters. The number of nitrogens with zero attached hydrogens (tertiary/aromatic N) is 1. The Morgan fingerprint density at radius 3 is 2.61 bits per heavy atom. The second-order valence-corrected chi connectivity index (χ2v) is 6.65. The standard InChI is InChI=1S/C17H33N3O2.HI/c1-5-18-17(19-10-9-15(12(3)4)21-6-2)20-14-11-13-7-8-16(14)22-13;/h12-16H,5-11H2,1-4H3,(H2,18,19,20);1H. The van der Waals surface area contributed by atoms with E-state index in [9.17, 15) is 0 Å². The van der Waals surface area contributed by atoms with Gasteiger partial charge in [-0.2, -0.15) is 0 Å². The lowest BCUT2D eigenvalue weighted by molar-refractivity contribution is 0.0266. The van der Waals surface area contributed by atoms with E-state index in [1.54, 1.807) is 0 Å². The minimum Gasteiger partial charge on any atom is -0.378 e. The van der Waals surface area contributed by atoms with Gasteiger partial charge in [0.15, 0.2) is 5.96 Å². The molecule has 0 radical (unpaired) electrons. The Morgan fingerprint density at radius 1 is 1.30 bits per heavy atom. The van der Waals surface area contributed by atoms with Gasteiger partial charge in [-0.25, -0.2) is 0 Å². The van der Waals surface area contributed by atoms with Crippen molar-refractivity contribution in [3.8, 4) is 0 Å². The molecule has 2 aliphatic heterocycles. The van der Waals surface area contributed by atoms with Crippen molar-refractivity contribution in [3.05, 3.63) is 0 Å². The third-order valence-corrected chi connectivity index (χ3v) is 4.58. The fraction of sp³-hybridized carbons (Fsp3) is 0.941. The Balaban J connectivity index is 0.00000264. The van der Waals surface area contributed by atoms with Crippen LogP contribution in [0.25, 0.3) is 0 Å². The number of hydrogen-bond acceptors (Lipinski definition) is 3. The van der Waals surface area contributed by atoms with E-state index >= 15 is 0 Å². The molecule has 6 heteroatoms. The van der Waals surface area contributed by atoms with Crippen LogP contribution in [0, 0.1) is 5.92 Å². The first-order valence-corrected chi connectivity index (χ1v) is 8.95. The summed E-state index contributed by atoms with van der Waals surface area (Å²) in [6.45, 7) is 11.0. The highest BCUT2D eigenvalue weighted by Crippen LogP contribution is 2.34. The van der Waals surface area contributed by atoms with Crippen molar-refractivity contribution in [3.63, 3.8) is 0 Å². The molecule has 136 valence electrons. The van der Waals surface area contributed by atoms with Crippen molar-refractivity contribution in [2.45, 2.75) is 77.7 Å². The summed E-state index contributed by atoms with van der Waals surface area (Å²) in [5.41, 5.74) is 0. The lowest BCUT2D eigenvalue weighted by Crippen LogP contribution is -2.47. The molecular weight excluding hydrogens is 405 g/mol.